The predicted molar refractivity (Wildman–Crippen MR) is 126 cm³/mol. The highest BCUT2D eigenvalue weighted by Gasteiger charge is 2.60. The van der Waals surface area contributed by atoms with Gasteiger partial charge in [0.2, 0.25) is 0 Å². The molecule has 1 aliphatic rings. The summed E-state index contributed by atoms with van der Waals surface area (Å²) >= 11 is 0. The fourth-order valence-electron chi connectivity index (χ4n) is 6.69. The molecule has 0 aromatic heterocycles. The molecule has 2 aromatic carbocycles. The van der Waals surface area contributed by atoms with E-state index in [-0.39, 0.29) is 27.7 Å². The van der Waals surface area contributed by atoms with Gasteiger partial charge >= 0.3 is 0 Å². The Balaban J connectivity index is 2.45. The Morgan fingerprint density at radius 1 is 0.733 bits per heavy atom. The molecule has 160 valence electrons. The van der Waals surface area contributed by atoms with Gasteiger partial charge in [-0.2, -0.15) is 0 Å². The van der Waals surface area contributed by atoms with E-state index in [1.807, 2.05) is 12.2 Å². The molecule has 2 heteroatoms. The van der Waals surface area contributed by atoms with Crippen molar-refractivity contribution in [1.29, 1.82) is 0 Å². The Morgan fingerprint density at radius 2 is 1.07 bits per heavy atom. The topological polar surface area (TPSA) is 40.5 Å². The lowest BCUT2D eigenvalue weighted by atomic mass is 9.40. The SMILES string of the molecule is C=CCC1C(C)(C)CC(C)(C)C(CC=C)C1(c1ccc(O)cc1)c1ccc(O)cc1. The van der Waals surface area contributed by atoms with Crippen LogP contribution in [0.3, 0.4) is 0 Å². The third kappa shape index (κ3) is 3.57. The number of aromatic hydroxyl groups is 2. The summed E-state index contributed by atoms with van der Waals surface area (Å²) in [6, 6.07) is 15.5. The summed E-state index contributed by atoms with van der Waals surface area (Å²) in [6.07, 6.45) is 6.97. The van der Waals surface area contributed by atoms with E-state index >= 15 is 0 Å². The Morgan fingerprint density at radius 3 is 1.37 bits per heavy atom. The summed E-state index contributed by atoms with van der Waals surface area (Å²) in [5, 5.41) is 20.0. The zero-order valence-electron chi connectivity index (χ0n) is 18.9. The molecule has 0 amide bonds. The Bertz CT molecular complexity index is 812. The van der Waals surface area contributed by atoms with Gasteiger partial charge in [0.05, 0.1) is 0 Å². The Labute approximate surface area is 182 Å². The lowest BCUT2D eigenvalue weighted by Gasteiger charge is -2.63. The number of hydrogen-bond acceptors (Lipinski definition) is 2. The number of allylic oxidation sites excluding steroid dienone is 2. The smallest absolute Gasteiger partial charge is 0.115 e. The van der Waals surface area contributed by atoms with Crippen molar-refractivity contribution in [3.63, 3.8) is 0 Å². The molecule has 2 unspecified atom stereocenters. The van der Waals surface area contributed by atoms with Crippen molar-refractivity contribution in [2.75, 3.05) is 0 Å². The van der Waals surface area contributed by atoms with E-state index in [0.717, 1.165) is 19.3 Å². The van der Waals surface area contributed by atoms with Crippen molar-refractivity contribution in [3.8, 4) is 11.5 Å². The van der Waals surface area contributed by atoms with E-state index in [2.05, 4.69) is 65.1 Å². The molecule has 0 bridgehead atoms. The molecule has 2 N–H and O–H groups in total. The van der Waals surface area contributed by atoms with E-state index in [1.165, 1.54) is 11.1 Å². The van der Waals surface area contributed by atoms with Crippen LogP contribution in [0.25, 0.3) is 0 Å². The van der Waals surface area contributed by atoms with Gasteiger partial charge in [0.25, 0.3) is 0 Å². The van der Waals surface area contributed by atoms with E-state index in [1.54, 1.807) is 24.3 Å². The fraction of sp³-hybridized carbons (Fsp3) is 0.429. The molecule has 2 aromatic rings. The molecule has 2 atom stereocenters. The highest BCUT2D eigenvalue weighted by atomic mass is 16.3. The molecule has 0 heterocycles. The molecule has 0 radical (unpaired) electrons. The first-order valence-electron chi connectivity index (χ1n) is 10.9. The van der Waals surface area contributed by atoms with Crippen molar-refractivity contribution >= 4 is 0 Å². The van der Waals surface area contributed by atoms with Crippen LogP contribution in [0.4, 0.5) is 0 Å². The van der Waals surface area contributed by atoms with Crippen molar-refractivity contribution in [1.82, 2.24) is 0 Å². The van der Waals surface area contributed by atoms with Crippen LogP contribution in [0.1, 0.15) is 58.1 Å². The molecule has 1 aliphatic carbocycles. The van der Waals surface area contributed by atoms with Gasteiger partial charge in [0.1, 0.15) is 11.5 Å². The van der Waals surface area contributed by atoms with Crippen LogP contribution in [0, 0.1) is 22.7 Å². The second kappa shape index (κ2) is 7.98. The quantitative estimate of drug-likeness (QED) is 0.499. The van der Waals surface area contributed by atoms with Gasteiger partial charge in [-0.15, -0.1) is 13.2 Å². The van der Waals surface area contributed by atoms with E-state index in [9.17, 15) is 10.2 Å². The summed E-state index contributed by atoms with van der Waals surface area (Å²) in [4.78, 5) is 0. The van der Waals surface area contributed by atoms with Gasteiger partial charge in [0, 0.05) is 5.41 Å². The summed E-state index contributed by atoms with van der Waals surface area (Å²) in [5.74, 6) is 1.15. The highest BCUT2D eigenvalue weighted by Crippen LogP contribution is 2.66. The first-order valence-corrected chi connectivity index (χ1v) is 10.9. The van der Waals surface area contributed by atoms with E-state index in [0.29, 0.717) is 11.8 Å². The predicted octanol–water partition coefficient (Wildman–Crippen LogP) is 7.22. The number of benzene rings is 2. The molecule has 0 spiro atoms. The highest BCUT2D eigenvalue weighted by molar-refractivity contribution is 5.47. The zero-order chi connectivity index (χ0) is 22.2. The zero-order valence-corrected chi connectivity index (χ0v) is 18.9. The van der Waals surface area contributed by atoms with Crippen LogP contribution < -0.4 is 0 Å². The first-order chi connectivity index (χ1) is 14.1. The third-order valence-corrected chi connectivity index (χ3v) is 7.39. The lowest BCUT2D eigenvalue weighted by Crippen LogP contribution is -2.59. The largest absolute Gasteiger partial charge is 0.508 e. The summed E-state index contributed by atoms with van der Waals surface area (Å²) < 4.78 is 0. The van der Waals surface area contributed by atoms with Gasteiger partial charge in [-0.05, 0) is 77.3 Å². The number of rotatable bonds is 6. The maximum Gasteiger partial charge on any atom is 0.115 e. The molecular formula is C28H36O2. The maximum atomic E-state index is 10.0. The van der Waals surface area contributed by atoms with Gasteiger partial charge in [-0.25, -0.2) is 0 Å². The van der Waals surface area contributed by atoms with Crippen molar-refractivity contribution in [3.05, 3.63) is 85.0 Å². The lowest BCUT2D eigenvalue weighted by molar-refractivity contribution is -0.0635. The summed E-state index contributed by atoms with van der Waals surface area (Å²) in [6.45, 7) is 17.7. The Kier molecular flexibility index (Phi) is 5.91. The van der Waals surface area contributed by atoms with Crippen molar-refractivity contribution < 1.29 is 10.2 Å². The molecule has 2 nitrogen and oxygen atoms in total. The van der Waals surface area contributed by atoms with Crippen LogP contribution in [-0.2, 0) is 5.41 Å². The van der Waals surface area contributed by atoms with Crippen LogP contribution >= 0.6 is 0 Å². The minimum Gasteiger partial charge on any atom is -0.508 e. The fourth-order valence-corrected chi connectivity index (χ4v) is 6.69. The van der Waals surface area contributed by atoms with Gasteiger partial charge < -0.3 is 10.2 Å². The second-order valence-corrected chi connectivity index (χ2v) is 10.3. The average molecular weight is 405 g/mol. The van der Waals surface area contributed by atoms with Crippen LogP contribution in [0.5, 0.6) is 11.5 Å². The van der Waals surface area contributed by atoms with E-state index in [4.69, 9.17) is 0 Å². The molecule has 30 heavy (non-hydrogen) atoms. The van der Waals surface area contributed by atoms with E-state index < -0.39 is 0 Å². The Hall–Kier alpha value is -2.48. The summed E-state index contributed by atoms with van der Waals surface area (Å²) in [5.41, 5.74) is 2.21. The van der Waals surface area contributed by atoms with Gasteiger partial charge in [-0.3, -0.25) is 0 Å². The van der Waals surface area contributed by atoms with Crippen LogP contribution in [0.2, 0.25) is 0 Å². The summed E-state index contributed by atoms with van der Waals surface area (Å²) in [7, 11) is 0. The molecule has 0 aliphatic heterocycles. The van der Waals surface area contributed by atoms with Crippen LogP contribution in [-0.4, -0.2) is 10.2 Å². The molecule has 1 fully saturated rings. The standard InChI is InChI=1S/C28H36O2/c1-7-9-24-26(3,4)19-27(5,6)25(10-8-2)28(24,20-11-15-22(29)16-12-20)21-13-17-23(30)18-14-21/h7-8,11-18,24-25,29-30H,1-2,9-10,19H2,3-6H3. The number of hydrogen-bond donors (Lipinski definition) is 2. The van der Waals surface area contributed by atoms with Gasteiger partial charge in [-0.1, -0.05) is 64.1 Å². The average Bonchev–Trinajstić information content (AvgIpc) is 2.67. The van der Waals surface area contributed by atoms with Gasteiger partial charge in [0.15, 0.2) is 0 Å². The first kappa shape index (κ1) is 22.2. The van der Waals surface area contributed by atoms with Crippen molar-refractivity contribution in [2.45, 2.75) is 52.4 Å². The molecule has 0 saturated heterocycles. The minimum atomic E-state index is -0.310. The monoisotopic (exact) mass is 404 g/mol. The minimum absolute atomic E-state index is 0.0606. The maximum absolute atomic E-state index is 10.0. The second-order valence-electron chi connectivity index (χ2n) is 10.3. The van der Waals surface area contributed by atoms with Crippen LogP contribution in [0.15, 0.2) is 73.8 Å². The third-order valence-electron chi connectivity index (χ3n) is 7.39. The number of phenolic OH excluding ortho intramolecular Hbond substituents is 2. The molecule has 3 rings (SSSR count). The van der Waals surface area contributed by atoms with Crippen molar-refractivity contribution in [2.24, 2.45) is 22.7 Å². The normalized spacial score (nSPS) is 24.1. The number of phenols is 2. The molecule has 1 saturated carbocycles. The molecular weight excluding hydrogens is 368 g/mol.